The summed E-state index contributed by atoms with van der Waals surface area (Å²) in [5.41, 5.74) is -0.107. The number of benzene rings is 1. The van der Waals surface area contributed by atoms with E-state index < -0.39 is 21.8 Å². The smallest absolute Gasteiger partial charge is 0.355 e. The first-order valence-corrected chi connectivity index (χ1v) is 8.34. The van der Waals surface area contributed by atoms with E-state index in [1.54, 1.807) is 0 Å². The van der Waals surface area contributed by atoms with Crippen LogP contribution in [0.1, 0.15) is 17.5 Å². The third-order valence-electron chi connectivity index (χ3n) is 2.73. The molecule has 0 heterocycles. The lowest BCUT2D eigenvalue weighted by atomic mass is 10.1. The largest absolute Gasteiger partial charge is 0.416 e. The van der Waals surface area contributed by atoms with Crippen molar-refractivity contribution in [1.82, 2.24) is 10.0 Å². The first-order chi connectivity index (χ1) is 10.1. The van der Waals surface area contributed by atoms with Crippen LogP contribution in [0.5, 0.6) is 0 Å². The standard InChI is InChI=1S/C13H17F3N2O3S/c1-22(20,21)18-9-8-17-12(19)7-4-10-2-5-11(6-3-10)13(14,15)16/h2-3,5-6,18H,4,7-9H2,1H3,(H,17,19). The summed E-state index contributed by atoms with van der Waals surface area (Å²) in [5.74, 6) is -0.296. The molecule has 0 saturated carbocycles. The summed E-state index contributed by atoms with van der Waals surface area (Å²) in [7, 11) is -3.29. The number of alkyl halides is 3. The fraction of sp³-hybridized carbons (Fsp3) is 0.462. The quantitative estimate of drug-likeness (QED) is 0.736. The molecule has 1 rings (SSSR count). The summed E-state index contributed by atoms with van der Waals surface area (Å²) >= 11 is 0. The van der Waals surface area contributed by atoms with Gasteiger partial charge in [0.2, 0.25) is 15.9 Å². The molecule has 0 radical (unpaired) electrons. The van der Waals surface area contributed by atoms with Crippen LogP contribution in [-0.2, 0) is 27.4 Å². The molecular weight excluding hydrogens is 321 g/mol. The lowest BCUT2D eigenvalue weighted by Crippen LogP contribution is -2.34. The zero-order chi connectivity index (χ0) is 16.8. The fourth-order valence-corrected chi connectivity index (χ4v) is 2.12. The van der Waals surface area contributed by atoms with E-state index in [2.05, 4.69) is 10.0 Å². The highest BCUT2D eigenvalue weighted by Crippen LogP contribution is 2.29. The van der Waals surface area contributed by atoms with E-state index in [0.717, 1.165) is 18.4 Å². The number of carbonyl (C=O) groups is 1. The van der Waals surface area contributed by atoms with E-state index >= 15 is 0 Å². The Balaban J connectivity index is 2.32. The minimum absolute atomic E-state index is 0.0881. The van der Waals surface area contributed by atoms with Crippen LogP contribution in [0, 0.1) is 0 Å². The molecule has 2 N–H and O–H groups in total. The number of rotatable bonds is 7. The van der Waals surface area contributed by atoms with Crippen LogP contribution in [-0.4, -0.2) is 33.7 Å². The Morgan fingerprint density at radius 1 is 1.14 bits per heavy atom. The van der Waals surface area contributed by atoms with Gasteiger partial charge in [-0.05, 0) is 24.1 Å². The van der Waals surface area contributed by atoms with Crippen molar-refractivity contribution < 1.29 is 26.4 Å². The molecule has 1 aromatic rings. The van der Waals surface area contributed by atoms with E-state index in [4.69, 9.17) is 0 Å². The van der Waals surface area contributed by atoms with Crippen LogP contribution in [0.15, 0.2) is 24.3 Å². The van der Waals surface area contributed by atoms with Gasteiger partial charge >= 0.3 is 6.18 Å². The van der Waals surface area contributed by atoms with Crippen molar-refractivity contribution in [2.24, 2.45) is 0 Å². The third kappa shape index (κ3) is 7.41. The Bertz CT molecular complexity index is 598. The molecule has 1 amide bonds. The lowest BCUT2D eigenvalue weighted by molar-refractivity contribution is -0.137. The van der Waals surface area contributed by atoms with Gasteiger partial charge in [0, 0.05) is 19.5 Å². The zero-order valence-corrected chi connectivity index (χ0v) is 12.7. The Morgan fingerprint density at radius 3 is 2.23 bits per heavy atom. The van der Waals surface area contributed by atoms with Crippen LogP contribution in [0.4, 0.5) is 13.2 Å². The van der Waals surface area contributed by atoms with Crippen LogP contribution in [0.3, 0.4) is 0 Å². The van der Waals surface area contributed by atoms with Gasteiger partial charge in [-0.25, -0.2) is 13.1 Å². The highest BCUT2D eigenvalue weighted by Gasteiger charge is 2.29. The maximum absolute atomic E-state index is 12.4. The van der Waals surface area contributed by atoms with Gasteiger partial charge in [0.1, 0.15) is 0 Å². The summed E-state index contributed by atoms with van der Waals surface area (Å²) in [6.45, 7) is 0.240. The van der Waals surface area contributed by atoms with Crippen LogP contribution in [0.2, 0.25) is 0 Å². The minimum atomic E-state index is -4.37. The monoisotopic (exact) mass is 338 g/mol. The Labute approximate surface area is 127 Å². The molecule has 0 aliphatic rings. The zero-order valence-electron chi connectivity index (χ0n) is 11.9. The molecule has 0 fully saturated rings. The lowest BCUT2D eigenvalue weighted by Gasteiger charge is -2.08. The maximum Gasteiger partial charge on any atom is 0.416 e. The topological polar surface area (TPSA) is 75.3 Å². The maximum atomic E-state index is 12.4. The Kier molecular flexibility index (Phi) is 6.36. The second-order valence-electron chi connectivity index (χ2n) is 4.71. The van der Waals surface area contributed by atoms with Crippen molar-refractivity contribution in [3.05, 3.63) is 35.4 Å². The van der Waals surface area contributed by atoms with Crippen molar-refractivity contribution in [3.63, 3.8) is 0 Å². The minimum Gasteiger partial charge on any atom is -0.355 e. The van der Waals surface area contributed by atoms with Gasteiger partial charge in [-0.3, -0.25) is 4.79 Å². The molecule has 1 aromatic carbocycles. The van der Waals surface area contributed by atoms with Crippen LogP contribution < -0.4 is 10.0 Å². The number of sulfonamides is 1. The molecule has 0 aromatic heterocycles. The molecule has 22 heavy (non-hydrogen) atoms. The second-order valence-corrected chi connectivity index (χ2v) is 6.54. The second kappa shape index (κ2) is 7.59. The Morgan fingerprint density at radius 2 is 1.73 bits per heavy atom. The van der Waals surface area contributed by atoms with Crippen molar-refractivity contribution in [2.75, 3.05) is 19.3 Å². The first kappa shape index (κ1) is 18.4. The molecule has 0 aliphatic carbocycles. The molecule has 0 bridgehead atoms. The van der Waals surface area contributed by atoms with E-state index in [0.29, 0.717) is 12.0 Å². The number of nitrogens with one attached hydrogen (secondary N) is 2. The van der Waals surface area contributed by atoms with E-state index in [1.807, 2.05) is 0 Å². The molecule has 124 valence electrons. The van der Waals surface area contributed by atoms with Crippen molar-refractivity contribution in [1.29, 1.82) is 0 Å². The summed E-state index contributed by atoms with van der Waals surface area (Å²) in [6, 6.07) is 4.62. The van der Waals surface area contributed by atoms with E-state index in [9.17, 15) is 26.4 Å². The molecule has 0 spiro atoms. The van der Waals surface area contributed by atoms with Gasteiger partial charge < -0.3 is 5.32 Å². The average molecular weight is 338 g/mol. The van der Waals surface area contributed by atoms with Crippen molar-refractivity contribution >= 4 is 15.9 Å². The van der Waals surface area contributed by atoms with Gasteiger partial charge in [0.15, 0.2) is 0 Å². The number of halogens is 3. The molecule has 0 saturated heterocycles. The van der Waals surface area contributed by atoms with Gasteiger partial charge in [-0.2, -0.15) is 13.2 Å². The average Bonchev–Trinajstić information content (AvgIpc) is 2.40. The summed E-state index contributed by atoms with van der Waals surface area (Å²) in [6.07, 6.45) is -2.93. The Hall–Kier alpha value is -1.61. The SMILES string of the molecule is CS(=O)(=O)NCCNC(=O)CCc1ccc(C(F)(F)F)cc1. The molecule has 0 unspecified atom stereocenters. The van der Waals surface area contributed by atoms with Crippen molar-refractivity contribution in [2.45, 2.75) is 19.0 Å². The number of hydrogen-bond donors (Lipinski definition) is 2. The predicted molar refractivity (Wildman–Crippen MR) is 75.6 cm³/mol. The number of aryl methyl sites for hydroxylation is 1. The van der Waals surface area contributed by atoms with Gasteiger partial charge in [0.05, 0.1) is 11.8 Å². The fourth-order valence-electron chi connectivity index (χ4n) is 1.64. The number of amides is 1. The van der Waals surface area contributed by atoms with Crippen LogP contribution >= 0.6 is 0 Å². The van der Waals surface area contributed by atoms with Gasteiger partial charge in [0.25, 0.3) is 0 Å². The molecule has 9 heteroatoms. The van der Waals surface area contributed by atoms with Gasteiger partial charge in [-0.15, -0.1) is 0 Å². The molecule has 0 aliphatic heterocycles. The molecule has 5 nitrogen and oxygen atoms in total. The highest BCUT2D eigenvalue weighted by atomic mass is 32.2. The number of carbonyl (C=O) groups excluding carboxylic acids is 1. The summed E-state index contributed by atoms with van der Waals surface area (Å²) in [4.78, 5) is 11.5. The molecule has 0 atom stereocenters. The highest BCUT2D eigenvalue weighted by molar-refractivity contribution is 7.88. The third-order valence-corrected chi connectivity index (χ3v) is 3.46. The first-order valence-electron chi connectivity index (χ1n) is 6.45. The van der Waals surface area contributed by atoms with E-state index in [-0.39, 0.29) is 25.4 Å². The van der Waals surface area contributed by atoms with E-state index in [1.165, 1.54) is 12.1 Å². The molecular formula is C13H17F3N2O3S. The van der Waals surface area contributed by atoms with Crippen molar-refractivity contribution in [3.8, 4) is 0 Å². The summed E-state index contributed by atoms with van der Waals surface area (Å²) < 4.78 is 60.9. The summed E-state index contributed by atoms with van der Waals surface area (Å²) in [5, 5.41) is 2.52. The van der Waals surface area contributed by atoms with Gasteiger partial charge in [-0.1, -0.05) is 12.1 Å². The van der Waals surface area contributed by atoms with Crippen LogP contribution in [0.25, 0.3) is 0 Å². The predicted octanol–water partition coefficient (Wildman–Crippen LogP) is 1.30. The normalized spacial score (nSPS) is 12.2. The number of hydrogen-bond acceptors (Lipinski definition) is 3.